The van der Waals surface area contributed by atoms with Crippen LogP contribution in [0.5, 0.6) is 0 Å². The average molecular weight is 462 g/mol. The molecular weight excluding hydrogens is 414 g/mol. The molecule has 0 atom stereocenters. The summed E-state index contributed by atoms with van der Waals surface area (Å²) in [4.78, 5) is 26.4. The fourth-order valence-electron chi connectivity index (χ4n) is 4.55. The summed E-state index contributed by atoms with van der Waals surface area (Å²) in [7, 11) is 0. The molecule has 1 fully saturated rings. The zero-order chi connectivity index (χ0) is 23.6. The Morgan fingerprint density at radius 1 is 0.788 bits per heavy atom. The Morgan fingerprint density at radius 3 is 2.06 bits per heavy atom. The van der Waals surface area contributed by atoms with Crippen LogP contribution in [0.25, 0.3) is 0 Å². The highest BCUT2D eigenvalue weighted by Gasteiger charge is 2.15. The van der Waals surface area contributed by atoms with Crippen molar-refractivity contribution in [1.82, 2.24) is 19.9 Å². The van der Waals surface area contributed by atoms with Gasteiger partial charge in [-0.15, -0.1) is 5.10 Å². The van der Waals surface area contributed by atoms with Crippen molar-refractivity contribution in [2.45, 2.75) is 122 Å². The summed E-state index contributed by atoms with van der Waals surface area (Å²) in [5, 5.41) is 8.25. The number of nitrogens with zero attached hydrogens (tertiary/aromatic N) is 4. The number of hydrogen-bond acceptors (Lipinski definition) is 5. The lowest BCUT2D eigenvalue weighted by atomic mass is 10.0. The maximum atomic E-state index is 12.2. The molecule has 1 aliphatic rings. The summed E-state index contributed by atoms with van der Waals surface area (Å²) in [5.41, 5.74) is 6.48. The van der Waals surface area contributed by atoms with Gasteiger partial charge < -0.3 is 10.6 Å². The van der Waals surface area contributed by atoms with E-state index in [2.05, 4.69) is 15.2 Å². The normalized spacial score (nSPS) is 14.0. The largest absolute Gasteiger partial charge is 0.343 e. The van der Waals surface area contributed by atoms with Gasteiger partial charge in [0, 0.05) is 32.1 Å². The molecule has 188 valence electrons. The standard InChI is InChI=1S/C26H47N5O2/c27-19-13-8-10-16-24-22-31(29-28-24)23-25(32)17-11-6-4-2-1-3-5-7-12-18-26(33)30-20-14-9-15-21-30/h22H,1-21,23,27H2. The first kappa shape index (κ1) is 27.5. The Labute approximate surface area is 200 Å². The van der Waals surface area contributed by atoms with E-state index in [0.717, 1.165) is 76.7 Å². The van der Waals surface area contributed by atoms with E-state index in [-0.39, 0.29) is 5.78 Å². The third-order valence-corrected chi connectivity index (χ3v) is 6.62. The molecule has 0 saturated carbocycles. The number of likely N-dealkylation sites (tertiary alicyclic amines) is 1. The molecule has 0 radical (unpaired) electrons. The average Bonchev–Trinajstić information content (AvgIpc) is 3.27. The molecule has 0 spiro atoms. The molecule has 0 aliphatic carbocycles. The molecule has 1 saturated heterocycles. The van der Waals surface area contributed by atoms with Gasteiger partial charge >= 0.3 is 0 Å². The first-order valence-corrected chi connectivity index (χ1v) is 13.6. The lowest BCUT2D eigenvalue weighted by molar-refractivity contribution is -0.132. The molecule has 1 aromatic rings. The maximum absolute atomic E-state index is 12.2. The maximum Gasteiger partial charge on any atom is 0.222 e. The number of carbonyl (C=O) groups excluding carboxylic acids is 2. The molecule has 7 nitrogen and oxygen atoms in total. The molecule has 1 aromatic heterocycles. The van der Waals surface area contributed by atoms with Crippen LogP contribution in [0.1, 0.15) is 115 Å². The van der Waals surface area contributed by atoms with E-state index in [1.807, 2.05) is 6.20 Å². The number of aromatic nitrogens is 3. The van der Waals surface area contributed by atoms with Gasteiger partial charge in [0.15, 0.2) is 5.78 Å². The van der Waals surface area contributed by atoms with Crippen LogP contribution in [-0.4, -0.2) is 51.2 Å². The van der Waals surface area contributed by atoms with Crippen LogP contribution in [0.15, 0.2) is 6.20 Å². The van der Waals surface area contributed by atoms with Gasteiger partial charge in [0.2, 0.25) is 5.91 Å². The number of Topliss-reactive ketones (excluding diaryl/α,β-unsaturated/α-hetero) is 1. The fourth-order valence-corrected chi connectivity index (χ4v) is 4.55. The molecule has 0 aromatic carbocycles. The van der Waals surface area contributed by atoms with Crippen LogP contribution >= 0.6 is 0 Å². The highest BCUT2D eigenvalue weighted by Crippen LogP contribution is 2.14. The van der Waals surface area contributed by atoms with E-state index in [1.54, 1.807) is 4.68 Å². The predicted octanol–water partition coefficient (Wildman–Crippen LogP) is 4.82. The van der Waals surface area contributed by atoms with E-state index in [4.69, 9.17) is 5.73 Å². The number of hydrogen-bond donors (Lipinski definition) is 1. The Kier molecular flexibility index (Phi) is 14.7. The monoisotopic (exact) mass is 461 g/mol. The third kappa shape index (κ3) is 12.9. The molecule has 7 heteroatoms. The summed E-state index contributed by atoms with van der Waals surface area (Å²) >= 11 is 0. The van der Waals surface area contributed by atoms with Crippen molar-refractivity contribution in [1.29, 1.82) is 0 Å². The molecule has 2 heterocycles. The number of rotatable bonds is 19. The summed E-state index contributed by atoms with van der Waals surface area (Å²) in [6.45, 7) is 3.03. The van der Waals surface area contributed by atoms with Gasteiger partial charge in [-0.3, -0.25) is 9.59 Å². The highest BCUT2D eigenvalue weighted by molar-refractivity contribution is 5.78. The van der Waals surface area contributed by atoms with E-state index in [1.165, 1.54) is 57.8 Å². The Balaban J connectivity index is 1.37. The minimum absolute atomic E-state index is 0.244. The van der Waals surface area contributed by atoms with Gasteiger partial charge in [-0.1, -0.05) is 56.6 Å². The predicted molar refractivity (Wildman–Crippen MR) is 133 cm³/mol. The van der Waals surface area contributed by atoms with Crippen LogP contribution in [0.3, 0.4) is 0 Å². The number of unbranched alkanes of at least 4 members (excludes halogenated alkanes) is 10. The first-order chi connectivity index (χ1) is 16.2. The Hall–Kier alpha value is -1.76. The number of amides is 1. The van der Waals surface area contributed by atoms with Crippen molar-refractivity contribution in [3.8, 4) is 0 Å². The third-order valence-electron chi connectivity index (χ3n) is 6.62. The van der Waals surface area contributed by atoms with Crippen LogP contribution in [0.4, 0.5) is 0 Å². The quantitative estimate of drug-likeness (QED) is 0.298. The fraction of sp³-hybridized carbons (Fsp3) is 0.846. The van der Waals surface area contributed by atoms with Gasteiger partial charge in [-0.2, -0.15) is 0 Å². The number of aryl methyl sites for hydroxylation is 1. The van der Waals surface area contributed by atoms with Crippen molar-refractivity contribution in [2.75, 3.05) is 19.6 Å². The van der Waals surface area contributed by atoms with Gasteiger partial charge in [0.05, 0.1) is 5.69 Å². The lowest BCUT2D eigenvalue weighted by Gasteiger charge is -2.26. The summed E-state index contributed by atoms with van der Waals surface area (Å²) in [6, 6.07) is 0. The number of carbonyl (C=O) groups is 2. The highest BCUT2D eigenvalue weighted by atomic mass is 16.2. The minimum atomic E-state index is 0.244. The second kappa shape index (κ2) is 17.7. The van der Waals surface area contributed by atoms with Crippen molar-refractivity contribution >= 4 is 11.7 Å². The number of ketones is 1. The molecule has 33 heavy (non-hydrogen) atoms. The van der Waals surface area contributed by atoms with E-state index in [0.29, 0.717) is 18.9 Å². The van der Waals surface area contributed by atoms with Crippen LogP contribution in [0.2, 0.25) is 0 Å². The van der Waals surface area contributed by atoms with E-state index < -0.39 is 0 Å². The molecule has 0 bridgehead atoms. The van der Waals surface area contributed by atoms with E-state index >= 15 is 0 Å². The lowest BCUT2D eigenvalue weighted by Crippen LogP contribution is -2.35. The molecule has 1 amide bonds. The van der Waals surface area contributed by atoms with Gasteiger partial charge in [-0.25, -0.2) is 4.68 Å². The smallest absolute Gasteiger partial charge is 0.222 e. The minimum Gasteiger partial charge on any atom is -0.343 e. The zero-order valence-electron chi connectivity index (χ0n) is 20.8. The summed E-state index contributed by atoms with van der Waals surface area (Å²) in [5.74, 6) is 0.612. The Bertz CT molecular complexity index is 655. The van der Waals surface area contributed by atoms with E-state index in [9.17, 15) is 9.59 Å². The van der Waals surface area contributed by atoms with Gasteiger partial charge in [-0.05, 0) is 57.9 Å². The molecule has 1 aliphatic heterocycles. The topological polar surface area (TPSA) is 94.1 Å². The molecule has 2 N–H and O–H groups in total. The van der Waals surface area contributed by atoms with Crippen LogP contribution < -0.4 is 5.73 Å². The zero-order valence-corrected chi connectivity index (χ0v) is 20.8. The van der Waals surface area contributed by atoms with Crippen LogP contribution in [0, 0.1) is 0 Å². The number of piperidine rings is 1. The SMILES string of the molecule is NCCCCCc1cn(CC(=O)CCCCCCCCCCCC(=O)N2CCCCC2)nn1. The summed E-state index contributed by atoms with van der Waals surface area (Å²) in [6.07, 6.45) is 21.6. The van der Waals surface area contributed by atoms with Crippen molar-refractivity contribution in [3.63, 3.8) is 0 Å². The molecular formula is C26H47N5O2. The number of nitrogens with two attached hydrogens (primary N) is 1. The second-order valence-corrected chi connectivity index (χ2v) is 9.67. The van der Waals surface area contributed by atoms with Gasteiger partial charge in [0.1, 0.15) is 6.54 Å². The first-order valence-electron chi connectivity index (χ1n) is 13.6. The molecule has 2 rings (SSSR count). The van der Waals surface area contributed by atoms with Crippen molar-refractivity contribution in [2.24, 2.45) is 5.73 Å². The summed E-state index contributed by atoms with van der Waals surface area (Å²) < 4.78 is 1.68. The van der Waals surface area contributed by atoms with Crippen LogP contribution in [-0.2, 0) is 22.6 Å². The Morgan fingerprint density at radius 2 is 1.39 bits per heavy atom. The molecule has 0 unspecified atom stereocenters. The van der Waals surface area contributed by atoms with Gasteiger partial charge in [0.25, 0.3) is 0 Å². The van der Waals surface area contributed by atoms with Crippen molar-refractivity contribution in [3.05, 3.63) is 11.9 Å². The van der Waals surface area contributed by atoms with Crippen molar-refractivity contribution < 1.29 is 9.59 Å². The second-order valence-electron chi connectivity index (χ2n) is 9.67.